The molecule has 1 aliphatic heterocycles. The first-order valence-corrected chi connectivity index (χ1v) is 8.91. The molecule has 2 amide bonds. The van der Waals surface area contributed by atoms with Crippen molar-refractivity contribution in [1.82, 2.24) is 5.32 Å². The smallest absolute Gasteiger partial charge is 0.306 e. The van der Waals surface area contributed by atoms with Crippen LogP contribution in [0, 0.1) is 11.8 Å². The quantitative estimate of drug-likeness (QED) is 0.855. The monoisotopic (exact) mass is 344 g/mol. The highest BCUT2D eigenvalue weighted by Crippen LogP contribution is 2.30. The lowest BCUT2D eigenvalue weighted by atomic mass is 10.1. The Bertz CT molecular complexity index is 688. The minimum absolute atomic E-state index is 0.0316. The number of nitrogens with one attached hydrogen (secondary N) is 1. The summed E-state index contributed by atoms with van der Waals surface area (Å²) in [4.78, 5) is 37.7. The van der Waals surface area contributed by atoms with Crippen LogP contribution in [0.4, 0.5) is 5.69 Å². The fourth-order valence-electron chi connectivity index (χ4n) is 3.85. The van der Waals surface area contributed by atoms with E-state index in [9.17, 15) is 14.4 Å². The first kappa shape index (κ1) is 17.5. The predicted octanol–water partition coefficient (Wildman–Crippen LogP) is 1.97. The van der Waals surface area contributed by atoms with Gasteiger partial charge in [-0.25, -0.2) is 0 Å². The van der Waals surface area contributed by atoms with E-state index in [4.69, 9.17) is 5.11 Å². The van der Waals surface area contributed by atoms with Gasteiger partial charge in [0.15, 0.2) is 0 Å². The van der Waals surface area contributed by atoms with Gasteiger partial charge in [0.05, 0.1) is 11.8 Å². The first-order chi connectivity index (χ1) is 12.0. The van der Waals surface area contributed by atoms with Gasteiger partial charge in [0.1, 0.15) is 0 Å². The lowest BCUT2D eigenvalue weighted by Crippen LogP contribution is -2.39. The third kappa shape index (κ3) is 3.67. The van der Waals surface area contributed by atoms with Gasteiger partial charge in [-0.1, -0.05) is 25.1 Å². The zero-order chi connectivity index (χ0) is 18.0. The van der Waals surface area contributed by atoms with Crippen molar-refractivity contribution >= 4 is 23.5 Å². The number of benzene rings is 1. The largest absolute Gasteiger partial charge is 0.481 e. The van der Waals surface area contributed by atoms with Crippen LogP contribution in [0.1, 0.15) is 38.2 Å². The second-order valence-corrected chi connectivity index (χ2v) is 6.94. The lowest BCUT2D eigenvalue weighted by molar-refractivity contribution is -0.141. The van der Waals surface area contributed by atoms with Gasteiger partial charge in [0, 0.05) is 24.7 Å². The average Bonchev–Trinajstić information content (AvgIpc) is 3.21. The zero-order valence-electron chi connectivity index (χ0n) is 14.4. The van der Waals surface area contributed by atoms with E-state index in [2.05, 4.69) is 5.32 Å². The van der Waals surface area contributed by atoms with Gasteiger partial charge in [-0.3, -0.25) is 14.4 Å². The van der Waals surface area contributed by atoms with Crippen molar-refractivity contribution in [1.29, 1.82) is 0 Å². The van der Waals surface area contributed by atoms with Crippen LogP contribution < -0.4 is 10.2 Å². The van der Waals surface area contributed by atoms with Gasteiger partial charge in [-0.2, -0.15) is 0 Å². The fraction of sp³-hybridized carbons (Fsp3) is 0.526. The maximum Gasteiger partial charge on any atom is 0.306 e. The minimum atomic E-state index is -0.796. The van der Waals surface area contributed by atoms with E-state index < -0.39 is 5.97 Å². The van der Waals surface area contributed by atoms with Gasteiger partial charge >= 0.3 is 5.97 Å². The topological polar surface area (TPSA) is 86.7 Å². The van der Waals surface area contributed by atoms with Crippen molar-refractivity contribution in [2.24, 2.45) is 11.8 Å². The number of aryl methyl sites for hydroxylation is 1. The Kier molecular flexibility index (Phi) is 5.06. The fourth-order valence-corrected chi connectivity index (χ4v) is 3.85. The highest BCUT2D eigenvalue weighted by Gasteiger charge is 2.38. The molecule has 1 aromatic rings. The van der Waals surface area contributed by atoms with Crippen molar-refractivity contribution in [2.75, 3.05) is 11.4 Å². The number of aliphatic carboxylic acids is 1. The molecule has 0 bridgehead atoms. The van der Waals surface area contributed by atoms with Crippen LogP contribution in [0.3, 0.4) is 0 Å². The van der Waals surface area contributed by atoms with Gasteiger partial charge in [-0.15, -0.1) is 0 Å². The first-order valence-electron chi connectivity index (χ1n) is 8.91. The molecule has 1 saturated heterocycles. The molecule has 0 radical (unpaired) electrons. The molecular formula is C19H24N2O4. The Hall–Kier alpha value is -2.37. The third-order valence-corrected chi connectivity index (χ3v) is 5.29. The average molecular weight is 344 g/mol. The minimum Gasteiger partial charge on any atom is -0.481 e. The summed E-state index contributed by atoms with van der Waals surface area (Å²) in [6, 6.07) is 7.68. The summed E-state index contributed by atoms with van der Waals surface area (Å²) >= 11 is 0. The summed E-state index contributed by atoms with van der Waals surface area (Å²) in [6.07, 6.45) is 2.80. The standard InChI is InChI=1S/C19H24N2O4/c1-2-12-5-3-4-6-16(12)21-11-14(10-17(21)22)18(23)20-15-8-7-13(9-15)19(24)25/h3-6,13-15H,2,7-11H2,1H3,(H,20,23)(H,24,25)/t13-,14?,15+/m0/s1. The number of carbonyl (C=O) groups excluding carboxylic acids is 2. The molecule has 1 saturated carbocycles. The van der Waals surface area contributed by atoms with Gasteiger partial charge in [0.2, 0.25) is 11.8 Å². The number of rotatable bonds is 5. The number of amides is 2. The van der Waals surface area contributed by atoms with Gasteiger partial charge in [-0.05, 0) is 37.3 Å². The molecule has 0 aromatic heterocycles. The summed E-state index contributed by atoms with van der Waals surface area (Å²) in [5.41, 5.74) is 1.98. The molecule has 1 aromatic carbocycles. The summed E-state index contributed by atoms with van der Waals surface area (Å²) in [7, 11) is 0. The molecule has 2 aliphatic rings. The van der Waals surface area contributed by atoms with Crippen molar-refractivity contribution in [3.63, 3.8) is 0 Å². The number of nitrogens with zero attached hydrogens (tertiary/aromatic N) is 1. The number of carboxylic acid groups (broad SMARTS) is 1. The van der Waals surface area contributed by atoms with E-state index in [1.165, 1.54) is 0 Å². The second-order valence-electron chi connectivity index (χ2n) is 6.94. The van der Waals surface area contributed by atoms with E-state index >= 15 is 0 Å². The van der Waals surface area contributed by atoms with Crippen LogP contribution in [0.5, 0.6) is 0 Å². The maximum absolute atomic E-state index is 12.5. The number of hydrogen-bond donors (Lipinski definition) is 2. The number of carboxylic acids is 1. The van der Waals surface area contributed by atoms with Crippen molar-refractivity contribution < 1.29 is 19.5 Å². The van der Waals surface area contributed by atoms with Crippen molar-refractivity contribution in [2.45, 2.75) is 45.1 Å². The summed E-state index contributed by atoms with van der Waals surface area (Å²) < 4.78 is 0. The Balaban J connectivity index is 1.62. The van der Waals surface area contributed by atoms with Crippen LogP contribution in [0.2, 0.25) is 0 Å². The van der Waals surface area contributed by atoms with Crippen molar-refractivity contribution in [3.8, 4) is 0 Å². The molecule has 3 rings (SSSR count). The number of carbonyl (C=O) groups is 3. The Morgan fingerprint density at radius 3 is 2.68 bits per heavy atom. The van der Waals surface area contributed by atoms with Crippen LogP contribution in [0.15, 0.2) is 24.3 Å². The lowest BCUT2D eigenvalue weighted by Gasteiger charge is -2.20. The molecule has 3 atom stereocenters. The van der Waals surface area contributed by atoms with Crippen LogP contribution in [0.25, 0.3) is 0 Å². The zero-order valence-corrected chi connectivity index (χ0v) is 14.4. The molecule has 1 heterocycles. The molecule has 6 nitrogen and oxygen atoms in total. The highest BCUT2D eigenvalue weighted by molar-refractivity contribution is 6.00. The van der Waals surface area contributed by atoms with Gasteiger partial charge in [0.25, 0.3) is 0 Å². The molecule has 1 aliphatic carbocycles. The molecule has 25 heavy (non-hydrogen) atoms. The molecule has 6 heteroatoms. The van der Waals surface area contributed by atoms with Crippen molar-refractivity contribution in [3.05, 3.63) is 29.8 Å². The Morgan fingerprint density at radius 2 is 2.00 bits per heavy atom. The molecule has 0 spiro atoms. The van der Waals surface area contributed by atoms with E-state index in [1.54, 1.807) is 4.90 Å². The normalized spacial score (nSPS) is 26.0. The Morgan fingerprint density at radius 1 is 1.24 bits per heavy atom. The highest BCUT2D eigenvalue weighted by atomic mass is 16.4. The maximum atomic E-state index is 12.5. The summed E-state index contributed by atoms with van der Waals surface area (Å²) in [5.74, 6) is -1.71. The van der Waals surface area contributed by atoms with Crippen LogP contribution in [-0.2, 0) is 20.8 Å². The predicted molar refractivity (Wildman–Crippen MR) is 93.2 cm³/mol. The van der Waals surface area contributed by atoms with E-state index in [-0.39, 0.29) is 36.1 Å². The summed E-state index contributed by atoms with van der Waals surface area (Å²) in [5, 5.41) is 12.0. The third-order valence-electron chi connectivity index (χ3n) is 5.29. The van der Waals surface area contributed by atoms with Crippen LogP contribution in [-0.4, -0.2) is 35.5 Å². The molecule has 2 N–H and O–H groups in total. The van der Waals surface area contributed by atoms with E-state index in [1.807, 2.05) is 31.2 Å². The van der Waals surface area contributed by atoms with E-state index in [0.29, 0.717) is 25.8 Å². The molecule has 134 valence electrons. The van der Waals surface area contributed by atoms with Gasteiger partial charge < -0.3 is 15.3 Å². The molecule has 2 fully saturated rings. The summed E-state index contributed by atoms with van der Waals surface area (Å²) in [6.45, 7) is 2.43. The van der Waals surface area contributed by atoms with Crippen LogP contribution >= 0.6 is 0 Å². The van der Waals surface area contributed by atoms with E-state index in [0.717, 1.165) is 17.7 Å². The molecule has 1 unspecified atom stereocenters. The number of hydrogen-bond acceptors (Lipinski definition) is 3. The number of anilines is 1. The Labute approximate surface area is 147 Å². The molecular weight excluding hydrogens is 320 g/mol. The SMILES string of the molecule is CCc1ccccc1N1CC(C(=O)N[C@@H]2CC[C@H](C(=O)O)C2)CC1=O. The second kappa shape index (κ2) is 7.25. The number of para-hydroxylation sites is 1.